The first-order valence-corrected chi connectivity index (χ1v) is 10.6. The second-order valence-corrected chi connectivity index (χ2v) is 7.95. The van der Waals surface area contributed by atoms with Crippen molar-refractivity contribution in [3.8, 4) is 5.75 Å². The summed E-state index contributed by atoms with van der Waals surface area (Å²) in [6.07, 6.45) is 2.20. The molecule has 30 heavy (non-hydrogen) atoms. The summed E-state index contributed by atoms with van der Waals surface area (Å²) in [6.45, 7) is 7.97. The first-order chi connectivity index (χ1) is 14.5. The van der Waals surface area contributed by atoms with Gasteiger partial charge in [0.1, 0.15) is 12.4 Å². The van der Waals surface area contributed by atoms with Crippen molar-refractivity contribution in [2.75, 3.05) is 38.7 Å². The number of likely N-dealkylation sites (N-methyl/N-ethyl adjacent to an activating group) is 1. The van der Waals surface area contributed by atoms with Crippen molar-refractivity contribution in [1.82, 2.24) is 4.90 Å². The van der Waals surface area contributed by atoms with E-state index in [-0.39, 0.29) is 0 Å². The Labute approximate surface area is 180 Å². The van der Waals surface area contributed by atoms with Gasteiger partial charge in [0.15, 0.2) is 5.96 Å². The van der Waals surface area contributed by atoms with Gasteiger partial charge in [-0.05, 0) is 74.7 Å². The lowest BCUT2D eigenvalue weighted by Crippen LogP contribution is -2.38. The topological polar surface area (TPSA) is 72.1 Å². The van der Waals surface area contributed by atoms with Crippen molar-refractivity contribution >= 4 is 11.6 Å². The summed E-state index contributed by atoms with van der Waals surface area (Å²) in [5, 5.41) is 3.15. The van der Waals surface area contributed by atoms with Gasteiger partial charge in [0, 0.05) is 31.5 Å². The molecule has 0 amide bonds. The summed E-state index contributed by atoms with van der Waals surface area (Å²) in [4.78, 5) is 6.83. The molecule has 0 aliphatic carbocycles. The predicted molar refractivity (Wildman–Crippen MR) is 123 cm³/mol. The quantitative estimate of drug-likeness (QED) is 0.513. The van der Waals surface area contributed by atoms with Gasteiger partial charge in [-0.3, -0.25) is 4.90 Å². The van der Waals surface area contributed by atoms with Crippen molar-refractivity contribution in [2.45, 2.75) is 39.3 Å². The number of benzene rings is 2. The van der Waals surface area contributed by atoms with E-state index in [1.807, 2.05) is 30.3 Å². The Morgan fingerprint density at radius 2 is 1.97 bits per heavy atom. The molecule has 2 aromatic carbocycles. The van der Waals surface area contributed by atoms with Gasteiger partial charge < -0.3 is 20.5 Å². The Morgan fingerprint density at radius 1 is 1.17 bits per heavy atom. The summed E-state index contributed by atoms with van der Waals surface area (Å²) in [6, 6.07) is 14.8. The highest BCUT2D eigenvalue weighted by molar-refractivity contribution is 5.92. The standard InChI is InChI=1S/C24H34N4O2/c1-18-7-8-21(15-19(18)2)27-24(25)26-17-20-5-4-6-23(16-20)30-14-11-28(3)22-9-12-29-13-10-22/h4-8,15-16,22H,9-14,17H2,1-3H3,(H3,25,26,27). The number of nitrogens with zero attached hydrogens (tertiary/aromatic N) is 2. The van der Waals surface area contributed by atoms with Crippen LogP contribution in [0.15, 0.2) is 47.5 Å². The molecule has 3 N–H and O–H groups in total. The maximum absolute atomic E-state index is 6.06. The van der Waals surface area contributed by atoms with Crippen molar-refractivity contribution in [1.29, 1.82) is 0 Å². The Morgan fingerprint density at radius 3 is 2.73 bits per heavy atom. The third-order valence-electron chi connectivity index (χ3n) is 5.64. The summed E-state index contributed by atoms with van der Waals surface area (Å²) in [7, 11) is 2.16. The Kier molecular flexibility index (Phi) is 8.11. The molecule has 1 fully saturated rings. The molecule has 0 aromatic heterocycles. The van der Waals surface area contributed by atoms with E-state index in [0.29, 0.717) is 25.2 Å². The number of guanidine groups is 1. The van der Waals surface area contributed by atoms with Gasteiger partial charge in [-0.1, -0.05) is 18.2 Å². The average Bonchev–Trinajstić information content (AvgIpc) is 2.76. The van der Waals surface area contributed by atoms with Crippen LogP contribution in [0, 0.1) is 13.8 Å². The average molecular weight is 411 g/mol. The van der Waals surface area contributed by atoms with Crippen molar-refractivity contribution < 1.29 is 9.47 Å². The van der Waals surface area contributed by atoms with Crippen LogP contribution in [0.25, 0.3) is 0 Å². The van der Waals surface area contributed by atoms with E-state index < -0.39 is 0 Å². The summed E-state index contributed by atoms with van der Waals surface area (Å²) < 4.78 is 11.4. The second kappa shape index (κ2) is 11.0. The SMILES string of the molecule is Cc1ccc(NC(N)=NCc2cccc(OCCN(C)C3CCOCC3)c2)cc1C. The fraction of sp³-hybridized carbons (Fsp3) is 0.458. The monoisotopic (exact) mass is 410 g/mol. The first kappa shape index (κ1) is 22.1. The van der Waals surface area contributed by atoms with Crippen LogP contribution in [-0.4, -0.2) is 50.3 Å². The zero-order valence-electron chi connectivity index (χ0n) is 18.4. The molecule has 162 valence electrons. The number of aryl methyl sites for hydroxylation is 2. The van der Waals surface area contributed by atoms with Crippen molar-refractivity contribution in [2.24, 2.45) is 10.7 Å². The lowest BCUT2D eigenvalue weighted by atomic mass is 10.1. The van der Waals surface area contributed by atoms with Crippen LogP contribution in [0.2, 0.25) is 0 Å². The molecule has 6 heteroatoms. The van der Waals surface area contributed by atoms with E-state index in [0.717, 1.165) is 49.6 Å². The molecular formula is C24H34N4O2. The maximum atomic E-state index is 6.06. The summed E-state index contributed by atoms with van der Waals surface area (Å²) >= 11 is 0. The van der Waals surface area contributed by atoms with Crippen LogP contribution < -0.4 is 15.8 Å². The van der Waals surface area contributed by atoms with Gasteiger partial charge in [-0.15, -0.1) is 0 Å². The van der Waals surface area contributed by atoms with Crippen LogP contribution in [0.1, 0.15) is 29.5 Å². The fourth-order valence-corrected chi connectivity index (χ4v) is 3.53. The van der Waals surface area contributed by atoms with Crippen molar-refractivity contribution in [3.05, 3.63) is 59.2 Å². The van der Waals surface area contributed by atoms with E-state index >= 15 is 0 Å². The fourth-order valence-electron chi connectivity index (χ4n) is 3.53. The molecule has 1 aliphatic rings. The molecule has 0 bridgehead atoms. The van der Waals surface area contributed by atoms with Gasteiger partial charge in [0.25, 0.3) is 0 Å². The minimum Gasteiger partial charge on any atom is -0.492 e. The molecule has 6 nitrogen and oxygen atoms in total. The van der Waals surface area contributed by atoms with E-state index in [4.69, 9.17) is 15.2 Å². The largest absolute Gasteiger partial charge is 0.492 e. The number of nitrogens with one attached hydrogen (secondary N) is 1. The minimum absolute atomic E-state index is 0.405. The van der Waals surface area contributed by atoms with Crippen LogP contribution >= 0.6 is 0 Å². The number of aliphatic imine (C=N–C) groups is 1. The third kappa shape index (κ3) is 6.75. The minimum atomic E-state index is 0.405. The van der Waals surface area contributed by atoms with Gasteiger partial charge in [0.2, 0.25) is 0 Å². The molecule has 1 saturated heterocycles. The summed E-state index contributed by atoms with van der Waals surface area (Å²) in [5.41, 5.74) is 10.6. The zero-order chi connectivity index (χ0) is 21.3. The van der Waals surface area contributed by atoms with Gasteiger partial charge in [-0.25, -0.2) is 4.99 Å². The second-order valence-electron chi connectivity index (χ2n) is 7.95. The lowest BCUT2D eigenvalue weighted by Gasteiger charge is -2.31. The van der Waals surface area contributed by atoms with Gasteiger partial charge in [0.05, 0.1) is 6.54 Å². The predicted octanol–water partition coefficient (Wildman–Crippen LogP) is 3.72. The maximum Gasteiger partial charge on any atom is 0.193 e. The molecule has 3 rings (SSSR count). The Hall–Kier alpha value is -2.57. The highest BCUT2D eigenvalue weighted by Gasteiger charge is 2.17. The molecule has 0 saturated carbocycles. The number of hydrogen-bond donors (Lipinski definition) is 2. The van der Waals surface area contributed by atoms with Crippen LogP contribution in [-0.2, 0) is 11.3 Å². The first-order valence-electron chi connectivity index (χ1n) is 10.6. The van der Waals surface area contributed by atoms with E-state index in [1.54, 1.807) is 0 Å². The number of rotatable bonds is 8. The van der Waals surface area contributed by atoms with Gasteiger partial charge in [-0.2, -0.15) is 0 Å². The zero-order valence-corrected chi connectivity index (χ0v) is 18.4. The third-order valence-corrected chi connectivity index (χ3v) is 5.64. The van der Waals surface area contributed by atoms with E-state index in [1.165, 1.54) is 11.1 Å². The lowest BCUT2D eigenvalue weighted by molar-refractivity contribution is 0.0392. The number of nitrogens with two attached hydrogens (primary N) is 1. The number of anilines is 1. The van der Waals surface area contributed by atoms with Crippen molar-refractivity contribution in [3.63, 3.8) is 0 Å². The normalized spacial score (nSPS) is 15.4. The van der Waals surface area contributed by atoms with Crippen LogP contribution in [0.4, 0.5) is 5.69 Å². The molecule has 2 aromatic rings. The number of ether oxygens (including phenoxy) is 2. The molecule has 0 unspecified atom stereocenters. The van der Waals surface area contributed by atoms with Gasteiger partial charge >= 0.3 is 0 Å². The highest BCUT2D eigenvalue weighted by atomic mass is 16.5. The highest BCUT2D eigenvalue weighted by Crippen LogP contribution is 2.16. The van der Waals surface area contributed by atoms with E-state index in [2.05, 4.69) is 48.2 Å². The van der Waals surface area contributed by atoms with Crippen LogP contribution in [0.3, 0.4) is 0 Å². The van der Waals surface area contributed by atoms with Crippen LogP contribution in [0.5, 0.6) is 5.75 Å². The number of hydrogen-bond acceptors (Lipinski definition) is 4. The Balaban J connectivity index is 1.47. The molecule has 0 spiro atoms. The molecule has 0 atom stereocenters. The molecule has 1 aliphatic heterocycles. The van der Waals surface area contributed by atoms with E-state index in [9.17, 15) is 0 Å². The molecule has 1 heterocycles. The smallest absolute Gasteiger partial charge is 0.193 e. The molecular weight excluding hydrogens is 376 g/mol. The Bertz CT molecular complexity index is 847. The summed E-state index contributed by atoms with van der Waals surface area (Å²) in [5.74, 6) is 1.27. The molecule has 0 radical (unpaired) electrons.